The molecule has 0 fully saturated rings. The topological polar surface area (TPSA) is 93.7 Å². The maximum absolute atomic E-state index is 9.09. The zero-order chi connectivity index (χ0) is 17.8. The Bertz CT molecular complexity index is 977. The Morgan fingerprint density at radius 2 is 1.96 bits per heavy atom. The Kier molecular flexibility index (Phi) is 4.57. The standard InChI is InChI=1S/C18H19N7O/c26-11-10-25-18-16(12-23-25)17(20-13-21-18)19-8-6-14-2-4-15(5-3-14)24-9-1-7-22-24/h1-5,7,9,12-13,26H,6,8,10-11H2,(H,19,20,21). The van der Waals surface area contributed by atoms with Crippen molar-refractivity contribution in [3.8, 4) is 5.69 Å². The van der Waals surface area contributed by atoms with Crippen LogP contribution in [0.3, 0.4) is 0 Å². The zero-order valence-electron chi connectivity index (χ0n) is 14.2. The molecule has 0 spiro atoms. The number of aromatic nitrogens is 6. The molecule has 0 amide bonds. The molecule has 8 nitrogen and oxygen atoms in total. The van der Waals surface area contributed by atoms with Gasteiger partial charge in [-0.05, 0) is 30.2 Å². The molecule has 26 heavy (non-hydrogen) atoms. The van der Waals surface area contributed by atoms with Gasteiger partial charge in [-0.1, -0.05) is 12.1 Å². The molecule has 0 aliphatic carbocycles. The normalized spacial score (nSPS) is 11.1. The van der Waals surface area contributed by atoms with E-state index in [0.717, 1.165) is 35.5 Å². The quantitative estimate of drug-likeness (QED) is 0.527. The summed E-state index contributed by atoms with van der Waals surface area (Å²) in [6.07, 6.45) is 7.80. The summed E-state index contributed by atoms with van der Waals surface area (Å²) in [6, 6.07) is 10.2. The molecule has 0 atom stereocenters. The van der Waals surface area contributed by atoms with Crippen LogP contribution in [0.25, 0.3) is 16.7 Å². The molecule has 0 aliphatic heterocycles. The van der Waals surface area contributed by atoms with E-state index in [1.165, 1.54) is 11.9 Å². The number of rotatable bonds is 7. The van der Waals surface area contributed by atoms with E-state index >= 15 is 0 Å². The molecular formula is C18H19N7O. The van der Waals surface area contributed by atoms with Gasteiger partial charge >= 0.3 is 0 Å². The van der Waals surface area contributed by atoms with Gasteiger partial charge < -0.3 is 10.4 Å². The van der Waals surface area contributed by atoms with E-state index in [1.807, 2.05) is 16.9 Å². The van der Waals surface area contributed by atoms with Crippen molar-refractivity contribution in [2.45, 2.75) is 13.0 Å². The predicted octanol–water partition coefficient (Wildman–Crippen LogP) is 1.66. The summed E-state index contributed by atoms with van der Waals surface area (Å²) in [6.45, 7) is 1.19. The third-order valence-electron chi connectivity index (χ3n) is 4.16. The first kappa shape index (κ1) is 16.2. The Hall–Kier alpha value is -3.26. The van der Waals surface area contributed by atoms with Crippen LogP contribution in [0.15, 0.2) is 55.2 Å². The van der Waals surface area contributed by atoms with E-state index in [9.17, 15) is 0 Å². The summed E-state index contributed by atoms with van der Waals surface area (Å²) >= 11 is 0. The smallest absolute Gasteiger partial charge is 0.163 e. The summed E-state index contributed by atoms with van der Waals surface area (Å²) in [4.78, 5) is 8.56. The lowest BCUT2D eigenvalue weighted by molar-refractivity contribution is 0.271. The van der Waals surface area contributed by atoms with Crippen molar-refractivity contribution < 1.29 is 5.11 Å². The van der Waals surface area contributed by atoms with Crippen LogP contribution >= 0.6 is 0 Å². The lowest BCUT2D eigenvalue weighted by Crippen LogP contribution is -2.08. The van der Waals surface area contributed by atoms with Crippen LogP contribution in [0.2, 0.25) is 0 Å². The van der Waals surface area contributed by atoms with Crippen molar-refractivity contribution >= 4 is 16.9 Å². The van der Waals surface area contributed by atoms with Crippen LogP contribution in [0, 0.1) is 0 Å². The molecule has 4 rings (SSSR count). The molecule has 0 unspecified atom stereocenters. The summed E-state index contributed by atoms with van der Waals surface area (Å²) in [5, 5.41) is 21.8. The lowest BCUT2D eigenvalue weighted by Gasteiger charge is -2.08. The number of nitrogens with zero attached hydrogens (tertiary/aromatic N) is 6. The molecule has 2 N–H and O–H groups in total. The van der Waals surface area contributed by atoms with Gasteiger partial charge in [0.25, 0.3) is 0 Å². The first-order valence-corrected chi connectivity index (χ1v) is 8.45. The maximum atomic E-state index is 9.09. The first-order valence-electron chi connectivity index (χ1n) is 8.45. The van der Waals surface area contributed by atoms with Gasteiger partial charge in [0.15, 0.2) is 5.65 Å². The summed E-state index contributed by atoms with van der Waals surface area (Å²) < 4.78 is 3.51. The third kappa shape index (κ3) is 3.27. The highest BCUT2D eigenvalue weighted by Gasteiger charge is 2.09. The Labute approximate surface area is 150 Å². The number of fused-ring (bicyclic) bond motifs is 1. The number of aliphatic hydroxyl groups is 1. The number of hydrogen-bond acceptors (Lipinski definition) is 6. The van der Waals surface area contributed by atoms with Gasteiger partial charge in [-0.3, -0.25) is 0 Å². The van der Waals surface area contributed by atoms with Gasteiger partial charge in [-0.15, -0.1) is 0 Å². The van der Waals surface area contributed by atoms with Gasteiger partial charge in [-0.2, -0.15) is 10.2 Å². The Morgan fingerprint density at radius 1 is 1.08 bits per heavy atom. The van der Waals surface area contributed by atoms with Crippen LogP contribution < -0.4 is 5.32 Å². The Balaban J connectivity index is 1.41. The van der Waals surface area contributed by atoms with Gasteiger partial charge in [0, 0.05) is 18.9 Å². The molecule has 3 aromatic heterocycles. The second kappa shape index (κ2) is 7.32. The van der Waals surface area contributed by atoms with Crippen LogP contribution in [-0.4, -0.2) is 47.8 Å². The third-order valence-corrected chi connectivity index (χ3v) is 4.16. The number of hydrogen-bond donors (Lipinski definition) is 2. The number of nitrogens with one attached hydrogen (secondary N) is 1. The molecule has 132 valence electrons. The number of aliphatic hydroxyl groups excluding tert-OH is 1. The van der Waals surface area contributed by atoms with Gasteiger partial charge in [0.1, 0.15) is 12.1 Å². The highest BCUT2D eigenvalue weighted by Crippen LogP contribution is 2.18. The van der Waals surface area contributed by atoms with E-state index in [4.69, 9.17) is 5.11 Å². The van der Waals surface area contributed by atoms with Crippen LogP contribution in [0.4, 0.5) is 5.82 Å². The van der Waals surface area contributed by atoms with Crippen molar-refractivity contribution in [3.05, 3.63) is 60.8 Å². The minimum absolute atomic E-state index is 0.0259. The molecule has 1 aromatic carbocycles. The maximum Gasteiger partial charge on any atom is 0.163 e. The average molecular weight is 349 g/mol. The minimum Gasteiger partial charge on any atom is -0.394 e. The van der Waals surface area contributed by atoms with E-state index in [2.05, 4.69) is 49.7 Å². The van der Waals surface area contributed by atoms with Crippen molar-refractivity contribution in [2.24, 2.45) is 0 Å². The van der Waals surface area contributed by atoms with Gasteiger partial charge in [0.2, 0.25) is 0 Å². The highest BCUT2D eigenvalue weighted by atomic mass is 16.3. The molecule has 0 bridgehead atoms. The fourth-order valence-electron chi connectivity index (χ4n) is 2.85. The lowest BCUT2D eigenvalue weighted by atomic mass is 10.1. The summed E-state index contributed by atoms with van der Waals surface area (Å²) in [5.74, 6) is 0.757. The van der Waals surface area contributed by atoms with E-state index in [-0.39, 0.29) is 6.61 Å². The fraction of sp³-hybridized carbons (Fsp3) is 0.222. The van der Waals surface area contributed by atoms with E-state index in [1.54, 1.807) is 17.1 Å². The Morgan fingerprint density at radius 3 is 2.73 bits per heavy atom. The minimum atomic E-state index is 0.0259. The average Bonchev–Trinajstić information content (AvgIpc) is 3.34. The van der Waals surface area contributed by atoms with E-state index < -0.39 is 0 Å². The molecular weight excluding hydrogens is 330 g/mol. The molecule has 0 saturated heterocycles. The second-order valence-electron chi connectivity index (χ2n) is 5.84. The SMILES string of the molecule is OCCn1ncc2c(NCCc3ccc(-n4cccn4)cc3)ncnc21. The zero-order valence-corrected chi connectivity index (χ0v) is 14.2. The van der Waals surface area contributed by atoms with Crippen LogP contribution in [-0.2, 0) is 13.0 Å². The van der Waals surface area contributed by atoms with Crippen LogP contribution in [0.1, 0.15) is 5.56 Å². The molecule has 0 saturated carbocycles. The molecule has 0 radical (unpaired) electrons. The number of benzene rings is 1. The van der Waals surface area contributed by atoms with Gasteiger partial charge in [-0.25, -0.2) is 19.3 Å². The van der Waals surface area contributed by atoms with Crippen molar-refractivity contribution in [3.63, 3.8) is 0 Å². The molecule has 0 aliphatic rings. The molecule has 4 aromatic rings. The largest absolute Gasteiger partial charge is 0.394 e. The van der Waals surface area contributed by atoms with Crippen LogP contribution in [0.5, 0.6) is 0 Å². The van der Waals surface area contributed by atoms with E-state index in [0.29, 0.717) is 6.54 Å². The predicted molar refractivity (Wildman–Crippen MR) is 98.2 cm³/mol. The number of anilines is 1. The van der Waals surface area contributed by atoms with Crippen molar-refractivity contribution in [1.29, 1.82) is 0 Å². The molecule has 3 heterocycles. The highest BCUT2D eigenvalue weighted by molar-refractivity contribution is 5.86. The van der Waals surface area contributed by atoms with Gasteiger partial charge in [0.05, 0.1) is 30.4 Å². The first-order chi connectivity index (χ1) is 12.8. The second-order valence-corrected chi connectivity index (χ2v) is 5.84. The molecule has 8 heteroatoms. The monoisotopic (exact) mass is 349 g/mol. The summed E-state index contributed by atoms with van der Waals surface area (Å²) in [5.41, 5.74) is 3.00. The fourth-order valence-corrected chi connectivity index (χ4v) is 2.85. The summed E-state index contributed by atoms with van der Waals surface area (Å²) in [7, 11) is 0. The van der Waals surface area contributed by atoms with Crippen molar-refractivity contribution in [1.82, 2.24) is 29.5 Å². The van der Waals surface area contributed by atoms with Crippen molar-refractivity contribution in [2.75, 3.05) is 18.5 Å².